The lowest BCUT2D eigenvalue weighted by atomic mass is 9.95. The fourth-order valence-electron chi connectivity index (χ4n) is 2.78. The number of hydrogen-bond donors (Lipinski definition) is 2. The highest BCUT2D eigenvalue weighted by atomic mass is 14.9. The molecule has 1 fully saturated rings. The van der Waals surface area contributed by atoms with Crippen LogP contribution in [0.2, 0.25) is 0 Å². The molecule has 2 aromatic rings. The van der Waals surface area contributed by atoms with Crippen LogP contribution in [0.1, 0.15) is 70.9 Å². The zero-order valence-electron chi connectivity index (χ0n) is 17.4. The molecule has 0 aliphatic heterocycles. The Balaban J connectivity index is 0.000000444. The molecule has 0 amide bonds. The Morgan fingerprint density at radius 3 is 1.62 bits per heavy atom. The quantitative estimate of drug-likeness (QED) is 0.674. The van der Waals surface area contributed by atoms with Gasteiger partial charge in [0.2, 0.25) is 0 Å². The van der Waals surface area contributed by atoms with E-state index >= 15 is 0 Å². The van der Waals surface area contributed by atoms with Gasteiger partial charge in [0.05, 0.1) is 0 Å². The van der Waals surface area contributed by atoms with Crippen LogP contribution in [0.25, 0.3) is 0 Å². The lowest BCUT2D eigenvalue weighted by Crippen LogP contribution is -2.30. The van der Waals surface area contributed by atoms with Crippen molar-refractivity contribution in [3.05, 3.63) is 71.8 Å². The van der Waals surface area contributed by atoms with Crippen LogP contribution in [-0.4, -0.2) is 6.04 Å². The summed E-state index contributed by atoms with van der Waals surface area (Å²) >= 11 is 0. The van der Waals surface area contributed by atoms with Gasteiger partial charge in [0.15, 0.2) is 0 Å². The van der Waals surface area contributed by atoms with E-state index in [4.69, 9.17) is 5.73 Å². The van der Waals surface area contributed by atoms with Crippen molar-refractivity contribution in [3.63, 3.8) is 0 Å². The first kappa shape index (κ1) is 24.4. The van der Waals surface area contributed by atoms with Crippen LogP contribution in [0, 0.1) is 0 Å². The van der Waals surface area contributed by atoms with E-state index < -0.39 is 0 Å². The molecule has 0 unspecified atom stereocenters. The van der Waals surface area contributed by atoms with Crippen LogP contribution in [0.3, 0.4) is 0 Å². The van der Waals surface area contributed by atoms with Crippen LogP contribution in [-0.2, 0) is 13.1 Å². The summed E-state index contributed by atoms with van der Waals surface area (Å²) in [4.78, 5) is 0. The normalized spacial score (nSPS) is 13.1. The fourth-order valence-corrected chi connectivity index (χ4v) is 2.78. The van der Waals surface area contributed by atoms with E-state index in [2.05, 4.69) is 35.6 Å². The van der Waals surface area contributed by atoms with Gasteiger partial charge in [-0.3, -0.25) is 0 Å². The Morgan fingerprint density at radius 1 is 0.731 bits per heavy atom. The third-order valence-corrected chi connectivity index (χ3v) is 4.12. The summed E-state index contributed by atoms with van der Waals surface area (Å²) in [6.45, 7) is 9.67. The molecule has 2 heteroatoms. The highest BCUT2D eigenvalue weighted by molar-refractivity contribution is 5.14. The SMILES string of the molecule is CC.CC.NCc1ccccc1.c1ccc(CNC2CCCCC2)cc1. The van der Waals surface area contributed by atoms with Gasteiger partial charge in [0.25, 0.3) is 0 Å². The summed E-state index contributed by atoms with van der Waals surface area (Å²) in [6, 6.07) is 21.4. The summed E-state index contributed by atoms with van der Waals surface area (Å²) in [5.41, 5.74) is 7.94. The zero-order chi connectivity index (χ0) is 19.5. The first-order valence-corrected chi connectivity index (χ1v) is 10.4. The first-order chi connectivity index (χ1) is 12.9. The summed E-state index contributed by atoms with van der Waals surface area (Å²) in [5.74, 6) is 0. The molecule has 146 valence electrons. The lowest BCUT2D eigenvalue weighted by molar-refractivity contribution is 0.372. The monoisotopic (exact) mass is 356 g/mol. The first-order valence-electron chi connectivity index (χ1n) is 10.4. The molecule has 0 spiro atoms. The number of nitrogens with one attached hydrogen (secondary N) is 1. The van der Waals surface area contributed by atoms with E-state index in [0.29, 0.717) is 6.54 Å². The average Bonchev–Trinajstić information content (AvgIpc) is 2.77. The summed E-state index contributed by atoms with van der Waals surface area (Å²) in [7, 11) is 0. The molecule has 2 aromatic carbocycles. The van der Waals surface area contributed by atoms with Gasteiger partial charge in [-0.1, -0.05) is 108 Å². The molecular weight excluding hydrogens is 316 g/mol. The highest BCUT2D eigenvalue weighted by Gasteiger charge is 2.11. The molecule has 3 rings (SSSR count). The topological polar surface area (TPSA) is 38.0 Å². The van der Waals surface area contributed by atoms with Gasteiger partial charge in [-0.05, 0) is 24.0 Å². The molecule has 2 nitrogen and oxygen atoms in total. The molecule has 3 N–H and O–H groups in total. The van der Waals surface area contributed by atoms with E-state index in [1.807, 2.05) is 58.0 Å². The molecule has 26 heavy (non-hydrogen) atoms. The average molecular weight is 357 g/mol. The van der Waals surface area contributed by atoms with Crippen molar-refractivity contribution < 1.29 is 0 Å². The molecule has 0 atom stereocenters. The molecule has 0 heterocycles. The molecule has 0 bridgehead atoms. The van der Waals surface area contributed by atoms with Gasteiger partial charge in [-0.15, -0.1) is 0 Å². The van der Waals surface area contributed by atoms with Gasteiger partial charge in [0, 0.05) is 19.1 Å². The van der Waals surface area contributed by atoms with Crippen molar-refractivity contribution in [1.82, 2.24) is 5.32 Å². The minimum absolute atomic E-state index is 0.640. The minimum atomic E-state index is 0.640. The maximum absolute atomic E-state index is 5.35. The van der Waals surface area contributed by atoms with E-state index in [9.17, 15) is 0 Å². The van der Waals surface area contributed by atoms with Gasteiger partial charge in [-0.2, -0.15) is 0 Å². The Morgan fingerprint density at radius 2 is 1.19 bits per heavy atom. The van der Waals surface area contributed by atoms with E-state index in [1.54, 1.807) is 0 Å². The summed E-state index contributed by atoms with van der Waals surface area (Å²) < 4.78 is 0. The zero-order valence-corrected chi connectivity index (χ0v) is 17.4. The molecule has 1 saturated carbocycles. The predicted octanol–water partition coefficient (Wildman–Crippen LogP) is 6.31. The summed E-state index contributed by atoms with van der Waals surface area (Å²) in [5, 5.41) is 3.64. The van der Waals surface area contributed by atoms with Gasteiger partial charge < -0.3 is 11.1 Å². The van der Waals surface area contributed by atoms with Crippen LogP contribution < -0.4 is 11.1 Å². The largest absolute Gasteiger partial charge is 0.326 e. The Hall–Kier alpha value is -1.64. The molecule has 1 aliphatic rings. The van der Waals surface area contributed by atoms with Crippen molar-refractivity contribution in [3.8, 4) is 0 Å². The van der Waals surface area contributed by atoms with Crippen molar-refractivity contribution in [2.45, 2.75) is 78.9 Å². The van der Waals surface area contributed by atoms with Crippen LogP contribution in [0.5, 0.6) is 0 Å². The minimum Gasteiger partial charge on any atom is -0.326 e. The van der Waals surface area contributed by atoms with E-state index in [0.717, 1.165) is 12.6 Å². The van der Waals surface area contributed by atoms with Crippen molar-refractivity contribution in [2.75, 3.05) is 0 Å². The second-order valence-corrected chi connectivity index (χ2v) is 5.89. The third-order valence-electron chi connectivity index (χ3n) is 4.12. The van der Waals surface area contributed by atoms with Crippen LogP contribution >= 0.6 is 0 Å². The standard InChI is InChI=1S/C13H19N.C7H9N.2C2H6/c1-3-7-12(8-4-1)11-14-13-9-5-2-6-10-13;8-6-7-4-2-1-3-5-7;2*1-2/h1,3-4,7-8,13-14H,2,5-6,9-11H2;1-5H,6,8H2;2*1-2H3. The van der Waals surface area contributed by atoms with Crippen LogP contribution in [0.15, 0.2) is 60.7 Å². The molecule has 0 aromatic heterocycles. The fraction of sp³-hybridized carbons (Fsp3) is 0.500. The number of hydrogen-bond acceptors (Lipinski definition) is 2. The van der Waals surface area contributed by atoms with Gasteiger partial charge in [-0.25, -0.2) is 0 Å². The highest BCUT2D eigenvalue weighted by Crippen LogP contribution is 2.17. The number of benzene rings is 2. The maximum Gasteiger partial charge on any atom is 0.0208 e. The molecule has 0 saturated heterocycles. The second-order valence-electron chi connectivity index (χ2n) is 5.89. The van der Waals surface area contributed by atoms with E-state index in [1.165, 1.54) is 43.2 Å². The number of nitrogens with two attached hydrogens (primary N) is 1. The smallest absolute Gasteiger partial charge is 0.0208 e. The summed E-state index contributed by atoms with van der Waals surface area (Å²) in [6.07, 6.45) is 6.99. The lowest BCUT2D eigenvalue weighted by Gasteiger charge is -2.22. The molecule has 0 radical (unpaired) electrons. The maximum atomic E-state index is 5.35. The van der Waals surface area contributed by atoms with Gasteiger partial charge >= 0.3 is 0 Å². The second kappa shape index (κ2) is 18.2. The van der Waals surface area contributed by atoms with E-state index in [-0.39, 0.29) is 0 Å². The molecular formula is C24H40N2. The predicted molar refractivity (Wildman–Crippen MR) is 117 cm³/mol. The van der Waals surface area contributed by atoms with Gasteiger partial charge in [0.1, 0.15) is 0 Å². The van der Waals surface area contributed by atoms with Crippen molar-refractivity contribution in [2.24, 2.45) is 5.73 Å². The Kier molecular flexibility index (Phi) is 17.0. The Labute approximate surface area is 162 Å². The van der Waals surface area contributed by atoms with Crippen molar-refractivity contribution >= 4 is 0 Å². The van der Waals surface area contributed by atoms with Crippen LogP contribution in [0.4, 0.5) is 0 Å². The Bertz CT molecular complexity index is 490. The molecule has 1 aliphatic carbocycles. The third kappa shape index (κ3) is 11.8. The number of rotatable bonds is 4. The van der Waals surface area contributed by atoms with Crippen molar-refractivity contribution in [1.29, 1.82) is 0 Å².